The molecule has 26 heavy (non-hydrogen) atoms. The standard InChI is InChI=1S/C17H17ClFN5O2/c1-24-22-17(21-23-24)20-9-11-7-13(18)16(15(8-11)25-2)26-10-12-5-3-4-6-14(12)19/h3-8H,9-10H2,1-2H3,(H,20,22). The number of nitrogens with zero attached hydrogens (tertiary/aromatic N) is 4. The van der Waals surface area contributed by atoms with E-state index in [1.54, 1.807) is 37.4 Å². The summed E-state index contributed by atoms with van der Waals surface area (Å²) in [6, 6.07) is 9.93. The van der Waals surface area contributed by atoms with Gasteiger partial charge in [-0.05, 0) is 29.0 Å². The van der Waals surface area contributed by atoms with Crippen molar-refractivity contribution in [3.8, 4) is 11.5 Å². The highest BCUT2D eigenvalue weighted by Gasteiger charge is 2.14. The number of benzene rings is 2. The van der Waals surface area contributed by atoms with Gasteiger partial charge in [-0.2, -0.15) is 4.80 Å². The summed E-state index contributed by atoms with van der Waals surface area (Å²) in [6.45, 7) is 0.471. The van der Waals surface area contributed by atoms with Crippen molar-refractivity contribution in [1.29, 1.82) is 0 Å². The van der Waals surface area contributed by atoms with Crippen LogP contribution in [-0.4, -0.2) is 27.3 Å². The lowest BCUT2D eigenvalue weighted by Crippen LogP contribution is -2.04. The number of rotatable bonds is 7. The smallest absolute Gasteiger partial charge is 0.263 e. The number of aromatic nitrogens is 4. The quantitative estimate of drug-likeness (QED) is 0.681. The second-order valence-electron chi connectivity index (χ2n) is 5.45. The summed E-state index contributed by atoms with van der Waals surface area (Å²) < 4.78 is 24.8. The van der Waals surface area contributed by atoms with Gasteiger partial charge in [0.25, 0.3) is 5.95 Å². The van der Waals surface area contributed by atoms with E-state index in [1.165, 1.54) is 18.0 Å². The van der Waals surface area contributed by atoms with Crippen LogP contribution in [0.2, 0.25) is 5.02 Å². The van der Waals surface area contributed by atoms with Crippen LogP contribution in [0.5, 0.6) is 11.5 Å². The first-order valence-electron chi connectivity index (χ1n) is 7.77. The molecule has 0 aliphatic heterocycles. The number of tetrazole rings is 1. The van der Waals surface area contributed by atoms with Gasteiger partial charge in [-0.15, -0.1) is 5.10 Å². The van der Waals surface area contributed by atoms with Crippen molar-refractivity contribution in [3.05, 3.63) is 58.4 Å². The van der Waals surface area contributed by atoms with Gasteiger partial charge in [-0.1, -0.05) is 34.9 Å². The maximum Gasteiger partial charge on any atom is 0.263 e. The summed E-state index contributed by atoms with van der Waals surface area (Å²) in [5.41, 5.74) is 1.28. The van der Waals surface area contributed by atoms with Crippen LogP contribution in [0.25, 0.3) is 0 Å². The minimum atomic E-state index is -0.333. The van der Waals surface area contributed by atoms with Gasteiger partial charge in [-0.3, -0.25) is 0 Å². The molecule has 0 radical (unpaired) electrons. The number of ether oxygens (including phenoxy) is 2. The van der Waals surface area contributed by atoms with Crippen molar-refractivity contribution in [3.63, 3.8) is 0 Å². The third-order valence-corrected chi connectivity index (χ3v) is 3.86. The number of methoxy groups -OCH3 is 1. The molecule has 0 saturated carbocycles. The van der Waals surface area contributed by atoms with Crippen LogP contribution in [0.4, 0.5) is 10.3 Å². The van der Waals surface area contributed by atoms with Crippen molar-refractivity contribution < 1.29 is 13.9 Å². The molecule has 3 rings (SSSR count). The number of halogens is 2. The highest BCUT2D eigenvalue weighted by molar-refractivity contribution is 6.32. The Balaban J connectivity index is 1.73. The molecule has 1 aromatic heterocycles. The van der Waals surface area contributed by atoms with Crippen molar-refractivity contribution >= 4 is 17.5 Å². The Morgan fingerprint density at radius 3 is 2.77 bits per heavy atom. The van der Waals surface area contributed by atoms with Gasteiger partial charge >= 0.3 is 0 Å². The fourth-order valence-corrected chi connectivity index (χ4v) is 2.60. The molecule has 0 amide bonds. The Morgan fingerprint density at radius 1 is 1.27 bits per heavy atom. The summed E-state index contributed by atoms with van der Waals surface area (Å²) in [7, 11) is 3.20. The summed E-state index contributed by atoms with van der Waals surface area (Å²) >= 11 is 6.33. The summed E-state index contributed by atoms with van der Waals surface area (Å²) in [5.74, 6) is 0.888. The second kappa shape index (κ2) is 8.01. The first-order chi connectivity index (χ1) is 12.6. The van der Waals surface area contributed by atoms with Gasteiger partial charge < -0.3 is 14.8 Å². The molecule has 0 atom stereocenters. The average Bonchev–Trinajstić information content (AvgIpc) is 3.05. The Morgan fingerprint density at radius 2 is 2.08 bits per heavy atom. The van der Waals surface area contributed by atoms with Crippen molar-refractivity contribution in [2.45, 2.75) is 13.2 Å². The molecule has 2 aromatic carbocycles. The Kier molecular flexibility index (Phi) is 5.52. The summed E-state index contributed by atoms with van der Waals surface area (Å²) in [5, 5.41) is 15.0. The monoisotopic (exact) mass is 377 g/mol. The van der Waals surface area contributed by atoms with E-state index < -0.39 is 0 Å². The number of anilines is 1. The number of hydrogen-bond donors (Lipinski definition) is 1. The van der Waals surface area contributed by atoms with E-state index in [1.807, 2.05) is 0 Å². The molecule has 3 aromatic rings. The van der Waals surface area contributed by atoms with Gasteiger partial charge in [0.1, 0.15) is 12.4 Å². The zero-order chi connectivity index (χ0) is 18.5. The van der Waals surface area contributed by atoms with Gasteiger partial charge in [0.05, 0.1) is 19.2 Å². The molecule has 136 valence electrons. The molecule has 7 nitrogen and oxygen atoms in total. The minimum Gasteiger partial charge on any atom is -0.493 e. The zero-order valence-corrected chi connectivity index (χ0v) is 15.0. The molecule has 1 N–H and O–H groups in total. The van der Waals surface area contributed by atoms with E-state index in [-0.39, 0.29) is 12.4 Å². The van der Waals surface area contributed by atoms with E-state index in [0.717, 1.165) is 5.56 Å². The predicted molar refractivity (Wildman–Crippen MR) is 94.9 cm³/mol. The third-order valence-electron chi connectivity index (χ3n) is 3.58. The Bertz CT molecular complexity index is 903. The number of aryl methyl sites for hydroxylation is 1. The van der Waals surface area contributed by atoms with Crippen LogP contribution < -0.4 is 14.8 Å². The molecular formula is C17H17ClFN5O2. The molecule has 9 heteroatoms. The Hall–Kier alpha value is -2.87. The van der Waals surface area contributed by atoms with Crippen LogP contribution in [0, 0.1) is 5.82 Å². The van der Waals surface area contributed by atoms with Crippen LogP contribution in [0.3, 0.4) is 0 Å². The first-order valence-corrected chi connectivity index (χ1v) is 8.15. The molecular weight excluding hydrogens is 361 g/mol. The SMILES string of the molecule is COc1cc(CNc2nnn(C)n2)cc(Cl)c1OCc1ccccc1F. The predicted octanol–water partition coefficient (Wildman–Crippen LogP) is 3.20. The average molecular weight is 378 g/mol. The van der Waals surface area contributed by atoms with E-state index in [9.17, 15) is 4.39 Å². The number of hydrogen-bond acceptors (Lipinski definition) is 6. The van der Waals surface area contributed by atoms with Gasteiger partial charge in [0.15, 0.2) is 11.5 Å². The highest BCUT2D eigenvalue weighted by atomic mass is 35.5. The molecule has 0 bridgehead atoms. The largest absolute Gasteiger partial charge is 0.493 e. The van der Waals surface area contributed by atoms with E-state index in [0.29, 0.717) is 34.6 Å². The Labute approximate surface area is 154 Å². The minimum absolute atomic E-state index is 0.0455. The fourth-order valence-electron chi connectivity index (χ4n) is 2.32. The molecule has 0 aliphatic rings. The van der Waals surface area contributed by atoms with Crippen LogP contribution >= 0.6 is 11.6 Å². The first kappa shape index (κ1) is 17.9. The van der Waals surface area contributed by atoms with E-state index >= 15 is 0 Å². The molecule has 1 heterocycles. The molecule has 0 fully saturated rings. The topological polar surface area (TPSA) is 74.1 Å². The normalized spacial score (nSPS) is 10.6. The van der Waals surface area contributed by atoms with Crippen molar-refractivity contribution in [1.82, 2.24) is 20.2 Å². The van der Waals surface area contributed by atoms with E-state index in [4.69, 9.17) is 21.1 Å². The summed E-state index contributed by atoms with van der Waals surface area (Å²) in [4.78, 5) is 1.36. The molecule has 0 spiro atoms. The highest BCUT2D eigenvalue weighted by Crippen LogP contribution is 2.37. The van der Waals surface area contributed by atoms with Crippen molar-refractivity contribution in [2.24, 2.45) is 7.05 Å². The summed E-state index contributed by atoms with van der Waals surface area (Å²) in [6.07, 6.45) is 0. The number of nitrogens with one attached hydrogen (secondary N) is 1. The van der Waals surface area contributed by atoms with Gasteiger partial charge in [-0.25, -0.2) is 4.39 Å². The van der Waals surface area contributed by atoms with Gasteiger partial charge in [0, 0.05) is 12.1 Å². The van der Waals surface area contributed by atoms with Gasteiger partial charge in [0.2, 0.25) is 0 Å². The zero-order valence-electron chi connectivity index (χ0n) is 14.2. The maximum absolute atomic E-state index is 13.7. The third kappa shape index (κ3) is 4.20. The molecule has 0 unspecified atom stereocenters. The van der Waals surface area contributed by atoms with Crippen LogP contribution in [0.15, 0.2) is 36.4 Å². The van der Waals surface area contributed by atoms with Crippen LogP contribution in [-0.2, 0) is 20.2 Å². The maximum atomic E-state index is 13.7. The fraction of sp³-hybridized carbons (Fsp3) is 0.235. The molecule has 0 aliphatic carbocycles. The second-order valence-corrected chi connectivity index (χ2v) is 5.85. The lowest BCUT2D eigenvalue weighted by molar-refractivity contribution is 0.280. The van der Waals surface area contributed by atoms with Crippen LogP contribution in [0.1, 0.15) is 11.1 Å². The van der Waals surface area contributed by atoms with Crippen molar-refractivity contribution in [2.75, 3.05) is 12.4 Å². The molecule has 0 saturated heterocycles. The lowest BCUT2D eigenvalue weighted by Gasteiger charge is -2.14. The van der Waals surface area contributed by atoms with E-state index in [2.05, 4.69) is 20.7 Å². The lowest BCUT2D eigenvalue weighted by atomic mass is 10.2.